The lowest BCUT2D eigenvalue weighted by Gasteiger charge is -2.01. The molecule has 2 nitrogen and oxygen atoms in total. The maximum atomic E-state index is 12.7. The molecule has 0 heterocycles. The van der Waals surface area contributed by atoms with Crippen molar-refractivity contribution in [3.63, 3.8) is 0 Å². The highest BCUT2D eigenvalue weighted by molar-refractivity contribution is 5.41. The molecule has 0 radical (unpaired) electrons. The first-order chi connectivity index (χ1) is 5.15. The number of nitrogen functional groups attached to an aromatic ring is 1. The second kappa shape index (κ2) is 2.84. The Morgan fingerprint density at radius 2 is 1.64 bits per heavy atom. The molecule has 4 N–H and O–H groups in total. The van der Waals surface area contributed by atoms with Crippen LogP contribution in [0.15, 0.2) is 12.1 Å². The Morgan fingerprint density at radius 1 is 1.18 bits per heavy atom. The summed E-state index contributed by atoms with van der Waals surface area (Å²) in [5.74, 6) is -1.38. The number of anilines is 1. The third-order valence-corrected chi connectivity index (χ3v) is 1.37. The third-order valence-electron chi connectivity index (χ3n) is 1.37. The van der Waals surface area contributed by atoms with E-state index in [-0.39, 0.29) is 17.8 Å². The molecular formula is C7H8F2N2. The van der Waals surface area contributed by atoms with Gasteiger partial charge in [0.15, 0.2) is 0 Å². The smallest absolute Gasteiger partial charge is 0.132 e. The van der Waals surface area contributed by atoms with E-state index in [2.05, 4.69) is 0 Å². The van der Waals surface area contributed by atoms with Gasteiger partial charge in [0.05, 0.1) is 0 Å². The van der Waals surface area contributed by atoms with Gasteiger partial charge in [-0.05, 0) is 12.1 Å². The highest BCUT2D eigenvalue weighted by Crippen LogP contribution is 2.15. The fraction of sp³-hybridized carbons (Fsp3) is 0.143. The second-order valence-electron chi connectivity index (χ2n) is 2.17. The SMILES string of the molecule is NCc1c(F)cc(N)cc1F. The van der Waals surface area contributed by atoms with Crippen LogP contribution in [0.1, 0.15) is 5.56 Å². The molecule has 0 amide bonds. The highest BCUT2D eigenvalue weighted by Gasteiger charge is 2.07. The van der Waals surface area contributed by atoms with Crippen molar-refractivity contribution in [3.05, 3.63) is 29.3 Å². The molecule has 11 heavy (non-hydrogen) atoms. The zero-order valence-corrected chi connectivity index (χ0v) is 5.77. The number of hydrogen-bond donors (Lipinski definition) is 2. The van der Waals surface area contributed by atoms with Gasteiger partial charge in [-0.1, -0.05) is 0 Å². The van der Waals surface area contributed by atoms with Gasteiger partial charge in [0.25, 0.3) is 0 Å². The molecule has 0 atom stereocenters. The molecule has 1 rings (SSSR count). The molecular weight excluding hydrogens is 150 g/mol. The summed E-state index contributed by atoms with van der Waals surface area (Å²) in [6.07, 6.45) is 0. The first kappa shape index (κ1) is 7.94. The van der Waals surface area contributed by atoms with Crippen molar-refractivity contribution in [1.82, 2.24) is 0 Å². The molecule has 0 spiro atoms. The van der Waals surface area contributed by atoms with Crippen molar-refractivity contribution in [2.75, 3.05) is 5.73 Å². The minimum Gasteiger partial charge on any atom is -0.399 e. The molecule has 0 bridgehead atoms. The maximum Gasteiger partial charge on any atom is 0.132 e. The highest BCUT2D eigenvalue weighted by atomic mass is 19.1. The van der Waals surface area contributed by atoms with E-state index in [0.29, 0.717) is 0 Å². The molecule has 1 aromatic carbocycles. The van der Waals surface area contributed by atoms with Crippen LogP contribution in [-0.2, 0) is 6.54 Å². The van der Waals surface area contributed by atoms with E-state index in [1.165, 1.54) is 0 Å². The molecule has 4 heteroatoms. The van der Waals surface area contributed by atoms with Gasteiger partial charge in [0.1, 0.15) is 11.6 Å². The Bertz CT molecular complexity index is 250. The summed E-state index contributed by atoms with van der Waals surface area (Å²) in [6.45, 7) is -0.155. The second-order valence-corrected chi connectivity index (χ2v) is 2.17. The number of rotatable bonds is 1. The molecule has 0 aliphatic heterocycles. The predicted octanol–water partition coefficient (Wildman–Crippen LogP) is 1.01. The largest absolute Gasteiger partial charge is 0.399 e. The summed E-state index contributed by atoms with van der Waals surface area (Å²) in [7, 11) is 0. The molecule has 1 aromatic rings. The van der Waals surface area contributed by atoms with Gasteiger partial charge in [0.2, 0.25) is 0 Å². The molecule has 0 aliphatic carbocycles. The lowest BCUT2D eigenvalue weighted by molar-refractivity contribution is 0.558. The van der Waals surface area contributed by atoms with Crippen LogP contribution in [0.4, 0.5) is 14.5 Å². The van der Waals surface area contributed by atoms with Crippen LogP contribution >= 0.6 is 0 Å². The minimum atomic E-state index is -0.690. The van der Waals surface area contributed by atoms with E-state index >= 15 is 0 Å². The van der Waals surface area contributed by atoms with Crippen LogP contribution in [-0.4, -0.2) is 0 Å². The van der Waals surface area contributed by atoms with Gasteiger partial charge in [-0.2, -0.15) is 0 Å². The molecule has 0 aromatic heterocycles. The number of halogens is 2. The van der Waals surface area contributed by atoms with E-state index < -0.39 is 11.6 Å². The fourth-order valence-corrected chi connectivity index (χ4v) is 0.818. The Morgan fingerprint density at radius 3 is 2.00 bits per heavy atom. The minimum absolute atomic E-state index is 0.0669. The summed E-state index contributed by atoms with van der Waals surface area (Å²) in [6, 6.07) is 2.09. The topological polar surface area (TPSA) is 52.0 Å². The summed E-state index contributed by atoms with van der Waals surface area (Å²) >= 11 is 0. The molecule has 60 valence electrons. The summed E-state index contributed by atoms with van der Waals surface area (Å²) in [5.41, 5.74) is 10.2. The van der Waals surface area contributed by atoms with E-state index in [9.17, 15) is 8.78 Å². The Balaban J connectivity index is 3.25. The zero-order chi connectivity index (χ0) is 8.43. The van der Waals surface area contributed by atoms with Crippen LogP contribution in [0, 0.1) is 11.6 Å². The van der Waals surface area contributed by atoms with Crippen molar-refractivity contribution >= 4 is 5.69 Å². The molecule has 0 aliphatic rings. The zero-order valence-electron chi connectivity index (χ0n) is 5.77. The number of hydrogen-bond acceptors (Lipinski definition) is 2. The molecule has 0 saturated carbocycles. The molecule has 0 saturated heterocycles. The van der Waals surface area contributed by atoms with Gasteiger partial charge < -0.3 is 11.5 Å². The van der Waals surface area contributed by atoms with Gasteiger partial charge in [0, 0.05) is 17.8 Å². The van der Waals surface area contributed by atoms with E-state index in [0.717, 1.165) is 12.1 Å². The molecule has 0 fully saturated rings. The van der Waals surface area contributed by atoms with E-state index in [4.69, 9.17) is 11.5 Å². The van der Waals surface area contributed by atoms with Crippen molar-refractivity contribution < 1.29 is 8.78 Å². The van der Waals surface area contributed by atoms with Gasteiger partial charge in [-0.3, -0.25) is 0 Å². The van der Waals surface area contributed by atoms with Crippen molar-refractivity contribution in [2.24, 2.45) is 5.73 Å². The lowest BCUT2D eigenvalue weighted by Crippen LogP contribution is -2.04. The van der Waals surface area contributed by atoms with Crippen LogP contribution in [0.25, 0.3) is 0 Å². The first-order valence-corrected chi connectivity index (χ1v) is 3.08. The first-order valence-electron chi connectivity index (χ1n) is 3.08. The van der Waals surface area contributed by atoms with Crippen molar-refractivity contribution in [2.45, 2.75) is 6.54 Å². The van der Waals surface area contributed by atoms with Crippen molar-refractivity contribution in [3.8, 4) is 0 Å². The quantitative estimate of drug-likeness (QED) is 0.599. The number of benzene rings is 1. The summed E-state index contributed by atoms with van der Waals surface area (Å²) in [4.78, 5) is 0. The molecule has 0 unspecified atom stereocenters. The van der Waals surface area contributed by atoms with Gasteiger partial charge >= 0.3 is 0 Å². The maximum absolute atomic E-state index is 12.7. The standard InChI is InChI=1S/C7H8F2N2/c8-6-1-4(11)2-7(9)5(6)3-10/h1-2H,3,10-11H2. The fourth-order valence-electron chi connectivity index (χ4n) is 0.818. The van der Waals surface area contributed by atoms with Gasteiger partial charge in [-0.15, -0.1) is 0 Å². The summed E-state index contributed by atoms with van der Waals surface area (Å²) in [5, 5.41) is 0. The van der Waals surface area contributed by atoms with Crippen molar-refractivity contribution in [1.29, 1.82) is 0 Å². The van der Waals surface area contributed by atoms with Crippen LogP contribution in [0.2, 0.25) is 0 Å². The Kier molecular flexibility index (Phi) is 2.05. The van der Waals surface area contributed by atoms with Crippen LogP contribution < -0.4 is 11.5 Å². The van der Waals surface area contributed by atoms with Gasteiger partial charge in [-0.25, -0.2) is 8.78 Å². The lowest BCUT2D eigenvalue weighted by atomic mass is 10.2. The van der Waals surface area contributed by atoms with E-state index in [1.54, 1.807) is 0 Å². The average Bonchev–Trinajstić information content (AvgIpc) is 1.85. The predicted molar refractivity (Wildman–Crippen MR) is 38.7 cm³/mol. The van der Waals surface area contributed by atoms with Crippen LogP contribution in [0.3, 0.4) is 0 Å². The Labute approximate surface area is 62.8 Å². The normalized spacial score (nSPS) is 10.1. The van der Waals surface area contributed by atoms with E-state index in [1.807, 2.05) is 0 Å². The monoisotopic (exact) mass is 158 g/mol. The van der Waals surface area contributed by atoms with Crippen LogP contribution in [0.5, 0.6) is 0 Å². The Hall–Kier alpha value is -1.16. The average molecular weight is 158 g/mol. The summed E-state index contributed by atoms with van der Waals surface area (Å²) < 4.78 is 25.4. The number of nitrogens with two attached hydrogens (primary N) is 2. The third kappa shape index (κ3) is 1.46.